The quantitative estimate of drug-likeness (QED) is 0.749. The second kappa shape index (κ2) is 6.73. The van der Waals surface area contributed by atoms with Crippen LogP contribution in [0, 0.1) is 5.82 Å². The molecule has 0 bridgehead atoms. The van der Waals surface area contributed by atoms with Crippen molar-refractivity contribution in [3.8, 4) is 0 Å². The van der Waals surface area contributed by atoms with E-state index in [9.17, 15) is 14.0 Å². The zero-order valence-corrected chi connectivity index (χ0v) is 14.5. The van der Waals surface area contributed by atoms with E-state index < -0.39 is 17.9 Å². The fourth-order valence-corrected chi connectivity index (χ4v) is 3.23. The lowest BCUT2D eigenvalue weighted by Gasteiger charge is -2.21. The number of halogens is 2. The van der Waals surface area contributed by atoms with Crippen LogP contribution in [-0.2, 0) is 16.0 Å². The summed E-state index contributed by atoms with van der Waals surface area (Å²) < 4.78 is 18.7. The number of hydrogen-bond donors (Lipinski definition) is 0. The number of rotatable bonds is 3. The van der Waals surface area contributed by atoms with E-state index in [1.54, 1.807) is 11.8 Å². The van der Waals surface area contributed by atoms with Gasteiger partial charge in [0.25, 0.3) is 5.91 Å². The number of esters is 1. The predicted molar refractivity (Wildman–Crippen MR) is 91.5 cm³/mol. The molecule has 1 aliphatic heterocycles. The van der Waals surface area contributed by atoms with E-state index in [1.807, 2.05) is 24.3 Å². The first kappa shape index (κ1) is 16.6. The normalized spacial score (nSPS) is 14.2. The highest BCUT2D eigenvalue weighted by Gasteiger charge is 2.30. The Bertz CT molecular complexity index is 809. The fraction of sp³-hybridized carbons (Fsp3) is 0.222. The van der Waals surface area contributed by atoms with Crippen LogP contribution in [0.2, 0.25) is 0 Å². The average Bonchev–Trinajstić information content (AvgIpc) is 2.97. The first-order valence-corrected chi connectivity index (χ1v) is 8.32. The number of hydrogen-bond acceptors (Lipinski definition) is 3. The maximum atomic E-state index is 13.1. The molecule has 3 rings (SSSR count). The van der Waals surface area contributed by atoms with E-state index >= 15 is 0 Å². The van der Waals surface area contributed by atoms with Crippen molar-refractivity contribution >= 4 is 33.5 Å². The lowest BCUT2D eigenvalue weighted by molar-refractivity contribution is -0.126. The largest absolute Gasteiger partial charge is 0.449 e. The Morgan fingerprint density at radius 2 is 2.00 bits per heavy atom. The minimum atomic E-state index is -0.930. The van der Waals surface area contributed by atoms with Gasteiger partial charge in [0.1, 0.15) is 5.82 Å². The molecular formula is C18H15BrFNO3. The molecule has 0 spiro atoms. The number of carbonyl (C=O) groups is 2. The van der Waals surface area contributed by atoms with E-state index in [-0.39, 0.29) is 11.5 Å². The number of nitrogens with zero attached hydrogens (tertiary/aromatic N) is 1. The molecule has 2 aromatic carbocycles. The maximum Gasteiger partial charge on any atom is 0.340 e. The van der Waals surface area contributed by atoms with E-state index in [0.717, 1.165) is 17.7 Å². The van der Waals surface area contributed by atoms with Gasteiger partial charge in [0.2, 0.25) is 0 Å². The number of amides is 1. The smallest absolute Gasteiger partial charge is 0.340 e. The van der Waals surface area contributed by atoms with Gasteiger partial charge in [-0.15, -0.1) is 0 Å². The summed E-state index contributed by atoms with van der Waals surface area (Å²) in [6.45, 7) is 2.11. The molecule has 2 aromatic rings. The third kappa shape index (κ3) is 3.19. The highest BCUT2D eigenvalue weighted by Crippen LogP contribution is 2.28. The Labute approximate surface area is 147 Å². The van der Waals surface area contributed by atoms with E-state index in [1.165, 1.54) is 18.2 Å². The van der Waals surface area contributed by atoms with Gasteiger partial charge in [0, 0.05) is 16.7 Å². The first-order chi connectivity index (χ1) is 11.5. The number of anilines is 1. The molecule has 1 amide bonds. The third-order valence-corrected chi connectivity index (χ3v) is 4.59. The second-order valence-electron chi connectivity index (χ2n) is 5.54. The molecule has 0 unspecified atom stereocenters. The van der Waals surface area contributed by atoms with Crippen LogP contribution in [-0.4, -0.2) is 24.5 Å². The highest BCUT2D eigenvalue weighted by atomic mass is 79.9. The van der Waals surface area contributed by atoms with Gasteiger partial charge in [0.05, 0.1) is 5.56 Å². The zero-order chi connectivity index (χ0) is 17.3. The molecule has 0 aromatic heterocycles. The lowest BCUT2D eigenvalue weighted by Crippen LogP contribution is -2.39. The van der Waals surface area contributed by atoms with Gasteiger partial charge in [0.15, 0.2) is 6.10 Å². The van der Waals surface area contributed by atoms with Gasteiger partial charge >= 0.3 is 5.97 Å². The van der Waals surface area contributed by atoms with E-state index in [4.69, 9.17) is 4.74 Å². The Morgan fingerprint density at radius 1 is 1.25 bits per heavy atom. The number of carbonyl (C=O) groups excluding carboxylic acids is 2. The predicted octanol–water partition coefficient (Wildman–Crippen LogP) is 3.72. The minimum absolute atomic E-state index is 0.179. The second-order valence-corrected chi connectivity index (χ2v) is 6.39. The molecule has 0 N–H and O–H groups in total. The summed E-state index contributed by atoms with van der Waals surface area (Å²) in [4.78, 5) is 26.4. The lowest BCUT2D eigenvalue weighted by atomic mass is 10.2. The van der Waals surface area contributed by atoms with Crippen LogP contribution in [0.25, 0.3) is 0 Å². The Hall–Kier alpha value is -2.21. The average molecular weight is 392 g/mol. The molecule has 0 saturated heterocycles. The summed E-state index contributed by atoms with van der Waals surface area (Å²) in [5.41, 5.74) is 2.14. The molecule has 1 atom stereocenters. The molecule has 24 heavy (non-hydrogen) atoms. The third-order valence-electron chi connectivity index (χ3n) is 3.94. The van der Waals surface area contributed by atoms with E-state index in [2.05, 4.69) is 15.9 Å². The summed E-state index contributed by atoms with van der Waals surface area (Å²) in [7, 11) is 0. The minimum Gasteiger partial charge on any atom is -0.449 e. The van der Waals surface area contributed by atoms with Gasteiger partial charge in [-0.3, -0.25) is 4.79 Å². The molecule has 1 aliphatic rings. The molecular weight excluding hydrogens is 377 g/mol. The van der Waals surface area contributed by atoms with Gasteiger partial charge in [-0.2, -0.15) is 0 Å². The van der Waals surface area contributed by atoms with Gasteiger partial charge < -0.3 is 9.64 Å². The number of fused-ring (bicyclic) bond motifs is 1. The number of ether oxygens (including phenoxy) is 1. The summed E-state index contributed by atoms with van der Waals surface area (Å²) >= 11 is 3.13. The van der Waals surface area contributed by atoms with Crippen molar-refractivity contribution < 1.29 is 18.7 Å². The molecule has 6 heteroatoms. The van der Waals surface area contributed by atoms with Crippen molar-refractivity contribution in [1.82, 2.24) is 0 Å². The Morgan fingerprint density at radius 3 is 2.75 bits per heavy atom. The highest BCUT2D eigenvalue weighted by molar-refractivity contribution is 9.10. The van der Waals surface area contributed by atoms with Crippen molar-refractivity contribution in [2.45, 2.75) is 19.4 Å². The first-order valence-electron chi connectivity index (χ1n) is 7.52. The number of para-hydroxylation sites is 1. The summed E-state index contributed by atoms with van der Waals surface area (Å²) in [6.07, 6.45) is -0.146. The van der Waals surface area contributed by atoms with Gasteiger partial charge in [-0.1, -0.05) is 18.2 Å². The van der Waals surface area contributed by atoms with Crippen molar-refractivity contribution in [2.75, 3.05) is 11.4 Å². The standard InChI is InChI=1S/C18H15BrFNO3/c1-11(24-18(23)14-7-6-13(20)10-15(14)19)17(22)21-9-8-12-4-2-3-5-16(12)21/h2-7,10-11H,8-9H2,1H3/t11-/m1/s1. The van der Waals surface area contributed by atoms with Crippen molar-refractivity contribution in [3.05, 3.63) is 63.9 Å². The molecule has 4 nitrogen and oxygen atoms in total. The van der Waals surface area contributed by atoms with Gasteiger partial charge in [-0.05, 0) is 59.1 Å². The molecule has 0 saturated carbocycles. The topological polar surface area (TPSA) is 46.6 Å². The molecule has 1 heterocycles. The maximum absolute atomic E-state index is 13.1. The molecule has 0 fully saturated rings. The van der Waals surface area contributed by atoms with Gasteiger partial charge in [-0.25, -0.2) is 9.18 Å². The zero-order valence-electron chi connectivity index (χ0n) is 13.0. The SMILES string of the molecule is C[C@@H](OC(=O)c1ccc(F)cc1Br)C(=O)N1CCc2ccccc21. The van der Waals surface area contributed by atoms with Crippen LogP contribution in [0.1, 0.15) is 22.8 Å². The molecule has 0 radical (unpaired) electrons. The van der Waals surface area contributed by atoms with Crippen LogP contribution in [0.3, 0.4) is 0 Å². The number of benzene rings is 2. The fourth-order valence-electron chi connectivity index (χ4n) is 2.72. The Kier molecular flexibility index (Phi) is 4.66. The van der Waals surface area contributed by atoms with Crippen molar-refractivity contribution in [2.24, 2.45) is 0 Å². The monoisotopic (exact) mass is 391 g/mol. The van der Waals surface area contributed by atoms with Crippen molar-refractivity contribution in [3.63, 3.8) is 0 Å². The summed E-state index contributed by atoms with van der Waals surface area (Å²) in [5, 5.41) is 0. The van der Waals surface area contributed by atoms with Crippen LogP contribution in [0.5, 0.6) is 0 Å². The van der Waals surface area contributed by atoms with Crippen LogP contribution in [0.4, 0.5) is 10.1 Å². The Balaban J connectivity index is 1.72. The van der Waals surface area contributed by atoms with Crippen LogP contribution in [0.15, 0.2) is 46.9 Å². The molecule has 0 aliphatic carbocycles. The van der Waals surface area contributed by atoms with Crippen molar-refractivity contribution in [1.29, 1.82) is 0 Å². The van der Waals surface area contributed by atoms with E-state index in [0.29, 0.717) is 11.0 Å². The summed E-state index contributed by atoms with van der Waals surface area (Å²) in [5.74, 6) is -1.40. The van der Waals surface area contributed by atoms with Crippen LogP contribution >= 0.6 is 15.9 Å². The molecule has 124 valence electrons. The summed E-state index contributed by atoms with van der Waals surface area (Å²) in [6, 6.07) is 11.3. The van der Waals surface area contributed by atoms with Crippen LogP contribution < -0.4 is 4.90 Å².